The van der Waals surface area contributed by atoms with Gasteiger partial charge in [-0.15, -0.1) is 0 Å². The van der Waals surface area contributed by atoms with Gasteiger partial charge in [-0.2, -0.15) is 0 Å². The summed E-state index contributed by atoms with van der Waals surface area (Å²) in [4.78, 5) is 19.3. The van der Waals surface area contributed by atoms with Gasteiger partial charge in [-0.1, -0.05) is 12.1 Å². The van der Waals surface area contributed by atoms with Crippen LogP contribution in [0.1, 0.15) is 42.5 Å². The lowest BCUT2D eigenvalue weighted by molar-refractivity contribution is 0.101. The highest BCUT2D eigenvalue weighted by Gasteiger charge is 2.22. The Bertz CT molecular complexity index is 814. The number of aliphatic hydroxyl groups is 1. The minimum absolute atomic E-state index is 0.168. The smallest absolute Gasteiger partial charge is 0.255 e. The first-order chi connectivity index (χ1) is 13.7. The molecule has 1 saturated carbocycles. The first-order valence-electron chi connectivity index (χ1n) is 10.1. The molecule has 28 heavy (non-hydrogen) atoms. The van der Waals surface area contributed by atoms with E-state index in [0.29, 0.717) is 17.4 Å². The number of carbonyl (C=O) groups excluding carboxylic acids is 1. The van der Waals surface area contributed by atoms with Crippen LogP contribution in [0.15, 0.2) is 42.6 Å². The summed E-state index contributed by atoms with van der Waals surface area (Å²) < 4.78 is 5.81. The molecule has 2 fully saturated rings. The molecule has 1 saturated heterocycles. The van der Waals surface area contributed by atoms with Gasteiger partial charge in [0.25, 0.3) is 5.91 Å². The summed E-state index contributed by atoms with van der Waals surface area (Å²) in [6, 6.07) is 11.3. The van der Waals surface area contributed by atoms with Gasteiger partial charge in [0.1, 0.15) is 6.10 Å². The molecule has 2 aliphatic rings. The van der Waals surface area contributed by atoms with E-state index in [1.165, 1.54) is 6.42 Å². The number of piperidine rings is 1. The summed E-state index contributed by atoms with van der Waals surface area (Å²) in [6.07, 6.45) is 7.08. The van der Waals surface area contributed by atoms with Crippen molar-refractivity contribution in [3.8, 4) is 5.88 Å². The molecule has 1 aromatic carbocycles. The molecular weight excluding hydrogens is 354 g/mol. The maximum atomic E-state index is 12.8. The SMILES string of the molecule is O=C(Nc1ccccc1N1CCC(CO)CC1)c1ccnc(OC2CCC2)c1. The number of aromatic nitrogens is 1. The van der Waals surface area contributed by atoms with Crippen molar-refractivity contribution in [1.82, 2.24) is 4.98 Å². The van der Waals surface area contributed by atoms with Crippen LogP contribution in [0.5, 0.6) is 5.88 Å². The van der Waals surface area contributed by atoms with Crippen LogP contribution in [0, 0.1) is 5.92 Å². The Morgan fingerprint density at radius 2 is 1.96 bits per heavy atom. The van der Waals surface area contributed by atoms with Crippen molar-refractivity contribution in [3.05, 3.63) is 48.2 Å². The Balaban J connectivity index is 1.45. The number of para-hydroxylation sites is 2. The van der Waals surface area contributed by atoms with Gasteiger partial charge in [0, 0.05) is 37.5 Å². The predicted molar refractivity (Wildman–Crippen MR) is 109 cm³/mol. The molecule has 1 amide bonds. The molecule has 2 N–H and O–H groups in total. The number of aliphatic hydroxyl groups excluding tert-OH is 1. The molecule has 0 atom stereocenters. The van der Waals surface area contributed by atoms with E-state index in [1.807, 2.05) is 24.3 Å². The highest BCUT2D eigenvalue weighted by molar-refractivity contribution is 6.06. The molecular formula is C22H27N3O3. The first kappa shape index (κ1) is 18.7. The van der Waals surface area contributed by atoms with E-state index in [9.17, 15) is 9.90 Å². The summed E-state index contributed by atoms with van der Waals surface area (Å²) in [6.45, 7) is 2.01. The second-order valence-electron chi connectivity index (χ2n) is 7.64. The van der Waals surface area contributed by atoms with Crippen LogP contribution in [0.2, 0.25) is 0 Å². The predicted octanol–water partition coefficient (Wildman–Crippen LogP) is 3.47. The van der Waals surface area contributed by atoms with Crippen LogP contribution in [0.25, 0.3) is 0 Å². The van der Waals surface area contributed by atoms with Gasteiger partial charge in [0.2, 0.25) is 5.88 Å². The van der Waals surface area contributed by atoms with E-state index in [2.05, 4.69) is 15.2 Å². The summed E-state index contributed by atoms with van der Waals surface area (Å²) in [5.74, 6) is 0.721. The number of ether oxygens (including phenoxy) is 1. The van der Waals surface area contributed by atoms with E-state index in [1.54, 1.807) is 18.3 Å². The number of nitrogens with one attached hydrogen (secondary N) is 1. The van der Waals surface area contributed by atoms with Crippen molar-refractivity contribution >= 4 is 17.3 Å². The zero-order valence-electron chi connectivity index (χ0n) is 16.0. The molecule has 1 aliphatic carbocycles. The monoisotopic (exact) mass is 381 g/mol. The number of amides is 1. The maximum absolute atomic E-state index is 12.8. The fraction of sp³-hybridized carbons (Fsp3) is 0.455. The van der Waals surface area contributed by atoms with Crippen molar-refractivity contribution < 1.29 is 14.6 Å². The van der Waals surface area contributed by atoms with Crippen molar-refractivity contribution in [2.75, 3.05) is 29.9 Å². The van der Waals surface area contributed by atoms with Crippen molar-refractivity contribution in [2.24, 2.45) is 5.92 Å². The van der Waals surface area contributed by atoms with Gasteiger partial charge in [0.05, 0.1) is 11.4 Å². The Morgan fingerprint density at radius 3 is 2.68 bits per heavy atom. The van der Waals surface area contributed by atoms with E-state index < -0.39 is 0 Å². The third-order valence-corrected chi connectivity index (χ3v) is 5.70. The lowest BCUT2D eigenvalue weighted by atomic mass is 9.96. The Morgan fingerprint density at radius 1 is 1.18 bits per heavy atom. The van der Waals surface area contributed by atoms with Crippen LogP contribution in [0.4, 0.5) is 11.4 Å². The molecule has 148 valence electrons. The Labute approximate surface area is 165 Å². The molecule has 0 radical (unpaired) electrons. The molecule has 0 spiro atoms. The Hall–Kier alpha value is -2.60. The summed E-state index contributed by atoms with van der Waals surface area (Å²) in [7, 11) is 0. The zero-order valence-corrected chi connectivity index (χ0v) is 16.0. The van der Waals surface area contributed by atoms with Crippen LogP contribution in [0.3, 0.4) is 0 Å². The zero-order chi connectivity index (χ0) is 19.3. The number of pyridine rings is 1. The highest BCUT2D eigenvalue weighted by Crippen LogP contribution is 2.30. The van der Waals surface area contributed by atoms with Crippen molar-refractivity contribution in [3.63, 3.8) is 0 Å². The fourth-order valence-corrected chi connectivity index (χ4v) is 3.68. The molecule has 0 unspecified atom stereocenters. The third kappa shape index (κ3) is 4.28. The molecule has 0 bridgehead atoms. The molecule has 6 heteroatoms. The summed E-state index contributed by atoms with van der Waals surface area (Å²) >= 11 is 0. The summed E-state index contributed by atoms with van der Waals surface area (Å²) in [5, 5.41) is 12.4. The van der Waals surface area contributed by atoms with Gasteiger partial charge >= 0.3 is 0 Å². The lowest BCUT2D eigenvalue weighted by Gasteiger charge is -2.34. The second kappa shape index (κ2) is 8.61. The average Bonchev–Trinajstić information content (AvgIpc) is 2.71. The lowest BCUT2D eigenvalue weighted by Crippen LogP contribution is -2.35. The van der Waals surface area contributed by atoms with E-state index in [4.69, 9.17) is 4.74 Å². The number of hydrogen-bond donors (Lipinski definition) is 2. The van der Waals surface area contributed by atoms with Crippen LogP contribution >= 0.6 is 0 Å². The van der Waals surface area contributed by atoms with E-state index in [0.717, 1.165) is 50.1 Å². The highest BCUT2D eigenvalue weighted by atomic mass is 16.5. The molecule has 4 rings (SSSR count). The molecule has 1 aromatic heterocycles. The van der Waals surface area contributed by atoms with Gasteiger partial charge in [-0.3, -0.25) is 4.79 Å². The number of benzene rings is 1. The molecule has 1 aliphatic heterocycles. The quantitative estimate of drug-likeness (QED) is 0.801. The topological polar surface area (TPSA) is 74.7 Å². The average molecular weight is 381 g/mol. The van der Waals surface area contributed by atoms with Crippen LogP contribution in [-0.4, -0.2) is 41.8 Å². The number of anilines is 2. The molecule has 2 heterocycles. The number of nitrogens with zero attached hydrogens (tertiary/aromatic N) is 2. The first-order valence-corrected chi connectivity index (χ1v) is 10.1. The van der Waals surface area contributed by atoms with Gasteiger partial charge in [-0.05, 0) is 56.2 Å². The second-order valence-corrected chi connectivity index (χ2v) is 7.64. The van der Waals surface area contributed by atoms with Crippen LogP contribution < -0.4 is 15.0 Å². The van der Waals surface area contributed by atoms with Crippen molar-refractivity contribution in [2.45, 2.75) is 38.2 Å². The number of hydrogen-bond acceptors (Lipinski definition) is 5. The van der Waals surface area contributed by atoms with Gasteiger partial charge < -0.3 is 20.1 Å². The summed E-state index contributed by atoms with van der Waals surface area (Å²) in [5.41, 5.74) is 2.36. The largest absolute Gasteiger partial charge is 0.474 e. The van der Waals surface area contributed by atoms with E-state index in [-0.39, 0.29) is 18.6 Å². The normalized spacial score (nSPS) is 17.8. The van der Waals surface area contributed by atoms with Gasteiger partial charge in [0.15, 0.2) is 0 Å². The number of rotatable bonds is 6. The van der Waals surface area contributed by atoms with Crippen molar-refractivity contribution in [1.29, 1.82) is 0 Å². The van der Waals surface area contributed by atoms with Crippen LogP contribution in [-0.2, 0) is 0 Å². The minimum Gasteiger partial charge on any atom is -0.474 e. The maximum Gasteiger partial charge on any atom is 0.255 e. The third-order valence-electron chi connectivity index (χ3n) is 5.70. The molecule has 6 nitrogen and oxygen atoms in total. The fourth-order valence-electron chi connectivity index (χ4n) is 3.68. The minimum atomic E-state index is -0.168. The number of carbonyl (C=O) groups is 1. The Kier molecular flexibility index (Phi) is 5.76. The molecule has 2 aromatic rings. The standard InChI is InChI=1S/C22H27N3O3/c26-15-16-9-12-25(13-10-16)20-7-2-1-6-19(20)24-22(27)17-8-11-23-21(14-17)28-18-4-3-5-18/h1-2,6-8,11,14,16,18,26H,3-5,9-10,12-13,15H2,(H,24,27). The van der Waals surface area contributed by atoms with Gasteiger partial charge in [-0.25, -0.2) is 4.98 Å². The van der Waals surface area contributed by atoms with E-state index >= 15 is 0 Å².